The standard InChI is InChI=1S/C9H16N2O/c1-8(6-7-10)11-12-9-4-2-3-5-9/h8-9,11H,2-6H2,1H3. The molecule has 0 bridgehead atoms. The summed E-state index contributed by atoms with van der Waals surface area (Å²) in [5, 5.41) is 8.38. The second kappa shape index (κ2) is 5.13. The SMILES string of the molecule is CC(CC#N)NOC1CCCC1. The first kappa shape index (κ1) is 9.50. The van der Waals surface area contributed by atoms with E-state index in [1.165, 1.54) is 12.8 Å². The van der Waals surface area contributed by atoms with Crippen LogP contribution in [0.1, 0.15) is 39.0 Å². The van der Waals surface area contributed by atoms with Gasteiger partial charge in [0.15, 0.2) is 0 Å². The van der Waals surface area contributed by atoms with E-state index >= 15 is 0 Å². The molecule has 3 heteroatoms. The number of hydrogen-bond donors (Lipinski definition) is 1. The topological polar surface area (TPSA) is 45.0 Å². The predicted octanol–water partition coefficient (Wildman–Crippen LogP) is 1.75. The van der Waals surface area contributed by atoms with Gasteiger partial charge in [0.1, 0.15) is 0 Å². The highest BCUT2D eigenvalue weighted by Crippen LogP contribution is 2.19. The summed E-state index contributed by atoms with van der Waals surface area (Å²) in [7, 11) is 0. The molecule has 0 saturated heterocycles. The number of rotatable bonds is 4. The Hall–Kier alpha value is -0.590. The van der Waals surface area contributed by atoms with Gasteiger partial charge in [0.25, 0.3) is 0 Å². The molecule has 68 valence electrons. The smallest absolute Gasteiger partial charge is 0.0790 e. The Balaban J connectivity index is 2.04. The molecule has 0 amide bonds. The normalized spacial score (nSPS) is 20.7. The molecule has 0 spiro atoms. The summed E-state index contributed by atoms with van der Waals surface area (Å²) in [4.78, 5) is 5.42. The van der Waals surface area contributed by atoms with Gasteiger partial charge in [-0.25, -0.2) is 0 Å². The molecule has 1 rings (SSSR count). The number of hydrogen-bond acceptors (Lipinski definition) is 3. The van der Waals surface area contributed by atoms with Crippen molar-refractivity contribution in [1.29, 1.82) is 5.26 Å². The maximum atomic E-state index is 8.38. The molecule has 0 radical (unpaired) electrons. The molecule has 1 aliphatic carbocycles. The van der Waals surface area contributed by atoms with Crippen LogP contribution < -0.4 is 5.48 Å². The van der Waals surface area contributed by atoms with Gasteiger partial charge < -0.3 is 0 Å². The third-order valence-corrected chi connectivity index (χ3v) is 2.14. The molecular formula is C9H16N2O. The second-order valence-electron chi connectivity index (χ2n) is 3.41. The first-order valence-electron chi connectivity index (χ1n) is 4.61. The van der Waals surface area contributed by atoms with Crippen molar-refractivity contribution < 1.29 is 4.84 Å². The Morgan fingerprint density at radius 3 is 2.83 bits per heavy atom. The number of nitrogens with zero attached hydrogens (tertiary/aromatic N) is 1. The summed E-state index contributed by atoms with van der Waals surface area (Å²) in [5.41, 5.74) is 2.90. The fourth-order valence-electron chi connectivity index (χ4n) is 1.40. The number of nitrogens with one attached hydrogen (secondary N) is 1. The number of hydroxylamine groups is 1. The van der Waals surface area contributed by atoms with Crippen molar-refractivity contribution in [3.8, 4) is 6.07 Å². The molecule has 0 aliphatic heterocycles. The summed E-state index contributed by atoms with van der Waals surface area (Å²) in [6.07, 6.45) is 5.76. The monoisotopic (exact) mass is 168 g/mol. The van der Waals surface area contributed by atoms with Crippen molar-refractivity contribution in [2.45, 2.75) is 51.2 Å². The van der Waals surface area contributed by atoms with Gasteiger partial charge in [0.2, 0.25) is 0 Å². The van der Waals surface area contributed by atoms with Crippen LogP contribution >= 0.6 is 0 Å². The van der Waals surface area contributed by atoms with Crippen LogP contribution in [0.4, 0.5) is 0 Å². The molecule has 1 saturated carbocycles. The number of nitriles is 1. The van der Waals surface area contributed by atoms with Gasteiger partial charge in [0.05, 0.1) is 18.6 Å². The Morgan fingerprint density at radius 2 is 2.25 bits per heavy atom. The van der Waals surface area contributed by atoms with Gasteiger partial charge in [-0.15, -0.1) is 0 Å². The molecule has 1 aliphatic rings. The zero-order chi connectivity index (χ0) is 8.81. The molecule has 12 heavy (non-hydrogen) atoms. The van der Waals surface area contributed by atoms with Crippen molar-refractivity contribution in [3.05, 3.63) is 0 Å². The van der Waals surface area contributed by atoms with E-state index in [0.717, 1.165) is 12.8 Å². The van der Waals surface area contributed by atoms with E-state index in [-0.39, 0.29) is 6.04 Å². The summed E-state index contributed by atoms with van der Waals surface area (Å²) >= 11 is 0. The van der Waals surface area contributed by atoms with Crippen LogP contribution in [-0.2, 0) is 4.84 Å². The van der Waals surface area contributed by atoms with Crippen LogP contribution in [0.3, 0.4) is 0 Å². The Kier molecular flexibility index (Phi) is 4.06. The Labute approximate surface area is 73.7 Å². The minimum absolute atomic E-state index is 0.149. The Bertz CT molecular complexity index is 158. The highest BCUT2D eigenvalue weighted by Gasteiger charge is 2.16. The fourth-order valence-corrected chi connectivity index (χ4v) is 1.40. The van der Waals surface area contributed by atoms with Crippen LogP contribution in [0.25, 0.3) is 0 Å². The fraction of sp³-hybridized carbons (Fsp3) is 0.889. The van der Waals surface area contributed by atoms with Crippen molar-refractivity contribution in [2.24, 2.45) is 0 Å². The Morgan fingerprint density at radius 1 is 1.58 bits per heavy atom. The average molecular weight is 168 g/mol. The predicted molar refractivity (Wildman–Crippen MR) is 46.2 cm³/mol. The van der Waals surface area contributed by atoms with Crippen molar-refractivity contribution in [3.63, 3.8) is 0 Å². The van der Waals surface area contributed by atoms with E-state index in [2.05, 4.69) is 11.5 Å². The second-order valence-corrected chi connectivity index (χ2v) is 3.41. The summed E-state index contributed by atoms with van der Waals surface area (Å²) in [6, 6.07) is 2.25. The first-order valence-corrected chi connectivity index (χ1v) is 4.61. The van der Waals surface area contributed by atoms with E-state index in [1.54, 1.807) is 0 Å². The molecule has 1 N–H and O–H groups in total. The molecule has 1 fully saturated rings. The van der Waals surface area contributed by atoms with Gasteiger partial charge in [-0.1, -0.05) is 12.8 Å². The van der Waals surface area contributed by atoms with E-state index in [4.69, 9.17) is 10.1 Å². The van der Waals surface area contributed by atoms with Crippen LogP contribution in [0.15, 0.2) is 0 Å². The van der Waals surface area contributed by atoms with E-state index in [9.17, 15) is 0 Å². The molecule has 1 atom stereocenters. The van der Waals surface area contributed by atoms with E-state index in [1.807, 2.05) is 6.92 Å². The van der Waals surface area contributed by atoms with Crippen molar-refractivity contribution in [1.82, 2.24) is 5.48 Å². The highest BCUT2D eigenvalue weighted by atomic mass is 16.7. The van der Waals surface area contributed by atoms with E-state index in [0.29, 0.717) is 12.5 Å². The molecule has 0 aromatic carbocycles. The summed E-state index contributed by atoms with van der Waals surface area (Å²) < 4.78 is 0. The van der Waals surface area contributed by atoms with Gasteiger partial charge in [-0.3, -0.25) is 4.84 Å². The van der Waals surface area contributed by atoms with Gasteiger partial charge in [-0.2, -0.15) is 10.7 Å². The minimum atomic E-state index is 0.149. The maximum absolute atomic E-state index is 8.38. The zero-order valence-electron chi connectivity index (χ0n) is 7.55. The van der Waals surface area contributed by atoms with Gasteiger partial charge in [0, 0.05) is 6.04 Å². The molecule has 0 aromatic rings. The third kappa shape index (κ3) is 3.21. The molecular weight excluding hydrogens is 152 g/mol. The lowest BCUT2D eigenvalue weighted by molar-refractivity contribution is -0.0362. The quantitative estimate of drug-likeness (QED) is 0.650. The molecule has 3 nitrogen and oxygen atoms in total. The van der Waals surface area contributed by atoms with Crippen LogP contribution in [0, 0.1) is 11.3 Å². The maximum Gasteiger partial charge on any atom is 0.0790 e. The van der Waals surface area contributed by atoms with Gasteiger partial charge in [-0.05, 0) is 19.8 Å². The van der Waals surface area contributed by atoms with Crippen molar-refractivity contribution in [2.75, 3.05) is 0 Å². The lowest BCUT2D eigenvalue weighted by Gasteiger charge is -2.14. The molecule has 0 heterocycles. The average Bonchev–Trinajstić information content (AvgIpc) is 2.53. The summed E-state index contributed by atoms with van der Waals surface area (Å²) in [6.45, 7) is 1.96. The van der Waals surface area contributed by atoms with Crippen LogP contribution in [-0.4, -0.2) is 12.1 Å². The highest BCUT2D eigenvalue weighted by molar-refractivity contribution is 4.75. The summed E-state index contributed by atoms with van der Waals surface area (Å²) in [5.74, 6) is 0. The minimum Gasteiger partial charge on any atom is -0.298 e. The van der Waals surface area contributed by atoms with Crippen LogP contribution in [0.5, 0.6) is 0 Å². The van der Waals surface area contributed by atoms with Gasteiger partial charge >= 0.3 is 0 Å². The lowest BCUT2D eigenvalue weighted by Crippen LogP contribution is -2.29. The molecule has 1 unspecified atom stereocenters. The largest absolute Gasteiger partial charge is 0.298 e. The lowest BCUT2D eigenvalue weighted by atomic mass is 10.3. The van der Waals surface area contributed by atoms with E-state index < -0.39 is 0 Å². The molecule has 0 aromatic heterocycles. The van der Waals surface area contributed by atoms with Crippen LogP contribution in [0.2, 0.25) is 0 Å². The van der Waals surface area contributed by atoms with Crippen molar-refractivity contribution >= 4 is 0 Å². The zero-order valence-corrected chi connectivity index (χ0v) is 7.55. The third-order valence-electron chi connectivity index (χ3n) is 2.14. The first-order chi connectivity index (χ1) is 5.83.